The number of fused-ring (bicyclic) bond motifs is 6. The van der Waals surface area contributed by atoms with Crippen molar-refractivity contribution >= 4 is 67.6 Å². The molecule has 2 heterocycles. The molecule has 0 fully saturated rings. The number of allylic oxidation sites excluding steroid dienone is 4. The van der Waals surface area contributed by atoms with Gasteiger partial charge in [0.05, 0.1) is 27.9 Å². The second kappa shape index (κ2) is 17.3. The second-order valence-corrected chi connectivity index (χ2v) is 18.5. The summed E-state index contributed by atoms with van der Waals surface area (Å²) >= 11 is 0. The molecular formula is C64H51FN4. The van der Waals surface area contributed by atoms with E-state index in [-0.39, 0.29) is 17.8 Å². The number of aromatic nitrogens is 2. The maximum atomic E-state index is 14.4. The minimum atomic E-state index is -0.266. The summed E-state index contributed by atoms with van der Waals surface area (Å²) in [5.41, 5.74) is 13.2. The molecule has 334 valence electrons. The van der Waals surface area contributed by atoms with Crippen LogP contribution in [0, 0.1) is 23.6 Å². The maximum absolute atomic E-state index is 14.4. The molecule has 0 bridgehead atoms. The van der Waals surface area contributed by atoms with Crippen LogP contribution in [-0.2, 0) is 0 Å². The van der Waals surface area contributed by atoms with Crippen LogP contribution < -0.4 is 20.4 Å². The molecule has 12 rings (SSSR count). The summed E-state index contributed by atoms with van der Waals surface area (Å²) in [7, 11) is 0. The molecule has 0 amide bonds. The zero-order valence-corrected chi connectivity index (χ0v) is 38.7. The Bertz CT molecular complexity index is 3730. The topological polar surface area (TPSA) is 16.3 Å². The summed E-state index contributed by atoms with van der Waals surface area (Å²) in [5.74, 6) is 0.537. The van der Waals surface area contributed by atoms with Crippen LogP contribution in [0.25, 0.3) is 67.4 Å². The molecule has 4 unspecified atom stereocenters. The monoisotopic (exact) mass is 894 g/mol. The Morgan fingerprint density at radius 1 is 0.493 bits per heavy atom. The normalized spacial score (nSPS) is 17.5. The Morgan fingerprint density at radius 3 is 1.67 bits per heavy atom. The summed E-state index contributed by atoms with van der Waals surface area (Å²) in [5, 5.41) is 6.09. The standard InChI is InChI=1S/C64H51FN4/c1-4-45-23-34-54(39-43(45)2)67(63-42-59-57-20-12-14-22-61(57)69(64(59)40-44(63)3)50-17-9-6-10-18-50)53-32-26-47(27-33-53)46-24-30-51(31-25-46)66(52-35-28-48(65)29-36-52)55-37-38-62-58(41-55)56-19-11-13-21-60(56)68(62)49-15-7-5-8-16-49/h4-45,63H,1H2,2-3H3. The van der Waals surface area contributed by atoms with Crippen molar-refractivity contribution < 1.29 is 4.39 Å². The van der Waals surface area contributed by atoms with Gasteiger partial charge in [0.15, 0.2) is 0 Å². The lowest BCUT2D eigenvalue weighted by Crippen LogP contribution is -2.45. The van der Waals surface area contributed by atoms with Crippen LogP contribution >= 0.6 is 0 Å². The second-order valence-electron chi connectivity index (χ2n) is 18.5. The lowest BCUT2D eigenvalue weighted by Gasteiger charge is -2.38. The summed E-state index contributed by atoms with van der Waals surface area (Å²) < 4.78 is 19.2. The molecule has 2 aliphatic rings. The highest BCUT2D eigenvalue weighted by Gasteiger charge is 2.30. The van der Waals surface area contributed by atoms with Crippen molar-refractivity contribution in [3.8, 4) is 22.5 Å². The minimum absolute atomic E-state index is 0.0626. The van der Waals surface area contributed by atoms with Gasteiger partial charge in [-0.15, -0.1) is 6.58 Å². The van der Waals surface area contributed by atoms with E-state index in [0.29, 0.717) is 11.8 Å². The Balaban J connectivity index is 0.914. The highest BCUT2D eigenvalue weighted by Crippen LogP contribution is 2.41. The van der Waals surface area contributed by atoms with Crippen molar-refractivity contribution in [3.63, 3.8) is 0 Å². The smallest absolute Gasteiger partial charge is 0.123 e. The first-order valence-electron chi connectivity index (χ1n) is 24.0. The summed E-state index contributed by atoms with van der Waals surface area (Å²) in [6.07, 6.45) is 14.0. The number of para-hydroxylation sites is 4. The fraction of sp³-hybridized carbons (Fsp3) is 0.0938. The van der Waals surface area contributed by atoms with Crippen molar-refractivity contribution in [2.24, 2.45) is 17.8 Å². The molecule has 2 aliphatic carbocycles. The third kappa shape index (κ3) is 7.39. The van der Waals surface area contributed by atoms with Gasteiger partial charge in [-0.1, -0.05) is 141 Å². The summed E-state index contributed by atoms with van der Waals surface area (Å²) in [4.78, 5) is 4.75. The number of halogens is 1. The van der Waals surface area contributed by atoms with Crippen molar-refractivity contribution in [1.29, 1.82) is 0 Å². The third-order valence-corrected chi connectivity index (χ3v) is 14.3. The molecular weight excluding hydrogens is 844 g/mol. The van der Waals surface area contributed by atoms with E-state index >= 15 is 0 Å². The van der Waals surface area contributed by atoms with Gasteiger partial charge in [0.25, 0.3) is 0 Å². The SMILES string of the molecule is C=CC1C=CC(N(c2ccc(-c3ccc(N(c4ccc(F)cc4)c4ccc5c(c4)c4ccccc4n5-c4ccccc4)cc3)cc2)C2C=c3c(n(-c4ccccc4)c4ccccc34)=CC2C)=CC1C. The van der Waals surface area contributed by atoms with E-state index < -0.39 is 0 Å². The molecule has 0 N–H and O–H groups in total. The molecule has 0 radical (unpaired) electrons. The molecule has 69 heavy (non-hydrogen) atoms. The summed E-state index contributed by atoms with van der Waals surface area (Å²) in [6, 6.07) is 69.8. The van der Waals surface area contributed by atoms with Gasteiger partial charge >= 0.3 is 0 Å². The van der Waals surface area contributed by atoms with E-state index in [0.717, 1.165) is 56.0 Å². The van der Waals surface area contributed by atoms with Gasteiger partial charge in [-0.2, -0.15) is 0 Å². The zero-order valence-electron chi connectivity index (χ0n) is 38.7. The zero-order chi connectivity index (χ0) is 46.6. The maximum Gasteiger partial charge on any atom is 0.123 e. The van der Waals surface area contributed by atoms with Gasteiger partial charge in [0.2, 0.25) is 0 Å². The quantitative estimate of drug-likeness (QED) is 0.127. The molecule has 2 aromatic heterocycles. The van der Waals surface area contributed by atoms with Crippen LogP contribution in [0.5, 0.6) is 0 Å². The third-order valence-electron chi connectivity index (χ3n) is 14.3. The van der Waals surface area contributed by atoms with Crippen molar-refractivity contribution in [1.82, 2.24) is 9.13 Å². The predicted octanol–water partition coefficient (Wildman–Crippen LogP) is 15.0. The first-order valence-corrected chi connectivity index (χ1v) is 24.0. The number of hydrogen-bond acceptors (Lipinski definition) is 2. The van der Waals surface area contributed by atoms with E-state index in [1.807, 2.05) is 18.2 Å². The first kappa shape index (κ1) is 42.0. The van der Waals surface area contributed by atoms with Crippen LogP contribution in [0.2, 0.25) is 0 Å². The number of benzene rings is 8. The Morgan fingerprint density at radius 2 is 1.03 bits per heavy atom. The van der Waals surface area contributed by atoms with Crippen molar-refractivity contribution in [3.05, 3.63) is 253 Å². The molecule has 8 aromatic carbocycles. The molecule has 4 nitrogen and oxygen atoms in total. The highest BCUT2D eigenvalue weighted by molar-refractivity contribution is 6.10. The van der Waals surface area contributed by atoms with Gasteiger partial charge in [-0.05, 0) is 126 Å². The van der Waals surface area contributed by atoms with Crippen LogP contribution in [-0.4, -0.2) is 15.2 Å². The Hall–Kier alpha value is -8.41. The number of anilines is 4. The lowest BCUT2D eigenvalue weighted by molar-refractivity contribution is 0.585. The molecule has 10 aromatic rings. The van der Waals surface area contributed by atoms with E-state index in [9.17, 15) is 4.39 Å². The van der Waals surface area contributed by atoms with E-state index in [4.69, 9.17) is 0 Å². The Kier molecular flexibility index (Phi) is 10.6. The number of rotatable bonds is 10. The van der Waals surface area contributed by atoms with E-state index in [2.05, 4.69) is 246 Å². The minimum Gasteiger partial charge on any atom is -0.334 e. The van der Waals surface area contributed by atoms with Crippen LogP contribution in [0.15, 0.2) is 237 Å². The molecule has 0 saturated heterocycles. The van der Waals surface area contributed by atoms with Crippen LogP contribution in [0.3, 0.4) is 0 Å². The summed E-state index contributed by atoms with van der Waals surface area (Å²) in [6.45, 7) is 8.77. The lowest BCUT2D eigenvalue weighted by atomic mass is 9.87. The molecule has 0 saturated carbocycles. The highest BCUT2D eigenvalue weighted by atomic mass is 19.1. The fourth-order valence-electron chi connectivity index (χ4n) is 10.8. The van der Waals surface area contributed by atoms with Crippen LogP contribution in [0.4, 0.5) is 27.1 Å². The average Bonchev–Trinajstić information content (AvgIpc) is 3.90. The van der Waals surface area contributed by atoms with Crippen LogP contribution in [0.1, 0.15) is 13.8 Å². The number of nitrogens with zero attached hydrogens (tertiary/aromatic N) is 4. The van der Waals surface area contributed by atoms with E-state index in [1.54, 1.807) is 0 Å². The number of hydrogen-bond donors (Lipinski definition) is 0. The van der Waals surface area contributed by atoms with Gasteiger partial charge in [-0.3, -0.25) is 0 Å². The molecule has 0 aliphatic heterocycles. The predicted molar refractivity (Wildman–Crippen MR) is 288 cm³/mol. The van der Waals surface area contributed by atoms with Gasteiger partial charge in [0, 0.05) is 73.0 Å². The van der Waals surface area contributed by atoms with Gasteiger partial charge < -0.3 is 18.9 Å². The molecule has 5 heteroatoms. The average molecular weight is 895 g/mol. The van der Waals surface area contributed by atoms with Gasteiger partial charge in [0.1, 0.15) is 5.82 Å². The molecule has 4 atom stereocenters. The van der Waals surface area contributed by atoms with Gasteiger partial charge in [-0.25, -0.2) is 4.39 Å². The Labute approximate surface area is 402 Å². The van der Waals surface area contributed by atoms with E-state index in [1.165, 1.54) is 50.4 Å². The fourth-order valence-corrected chi connectivity index (χ4v) is 10.8. The van der Waals surface area contributed by atoms with Crippen molar-refractivity contribution in [2.45, 2.75) is 19.9 Å². The molecule has 0 spiro atoms. The largest absolute Gasteiger partial charge is 0.334 e. The van der Waals surface area contributed by atoms with Crippen molar-refractivity contribution in [2.75, 3.05) is 9.80 Å². The first-order chi connectivity index (χ1) is 33.9.